The van der Waals surface area contributed by atoms with E-state index in [0.717, 1.165) is 30.0 Å². The lowest BCUT2D eigenvalue weighted by Gasteiger charge is -2.22. The van der Waals surface area contributed by atoms with Gasteiger partial charge in [0.2, 0.25) is 0 Å². The fraction of sp³-hybridized carbons (Fsp3) is 0.300. The molecule has 0 radical (unpaired) electrons. The smallest absolute Gasteiger partial charge is 0.337 e. The summed E-state index contributed by atoms with van der Waals surface area (Å²) in [5.41, 5.74) is 3.90. The molecule has 0 heterocycles. The van der Waals surface area contributed by atoms with Crippen molar-refractivity contribution in [2.45, 2.75) is 20.8 Å². The number of amides is 2. The van der Waals surface area contributed by atoms with Crippen molar-refractivity contribution in [1.82, 2.24) is 0 Å². The third kappa shape index (κ3) is 4.75. The number of nitrogens with zero attached hydrogens (tertiary/aromatic N) is 1. The van der Waals surface area contributed by atoms with E-state index in [9.17, 15) is 9.59 Å². The molecule has 0 bridgehead atoms. The van der Waals surface area contributed by atoms with Gasteiger partial charge in [0.25, 0.3) is 0 Å². The Bertz CT molecular complexity index is 768. The van der Waals surface area contributed by atoms with Gasteiger partial charge in [-0.15, -0.1) is 0 Å². The van der Waals surface area contributed by atoms with E-state index in [2.05, 4.69) is 40.2 Å². The normalized spacial score (nSPS) is 10.2. The molecule has 2 amide bonds. The van der Waals surface area contributed by atoms with E-state index in [1.165, 1.54) is 7.11 Å². The average Bonchev–Trinajstić information content (AvgIpc) is 2.65. The molecule has 0 aliphatic rings. The Morgan fingerprint density at radius 1 is 1.00 bits per heavy atom. The number of nitrogens with one attached hydrogen (secondary N) is 2. The Labute approximate surface area is 154 Å². The van der Waals surface area contributed by atoms with Crippen molar-refractivity contribution in [2.24, 2.45) is 0 Å². The van der Waals surface area contributed by atoms with Crippen molar-refractivity contribution < 1.29 is 14.3 Å². The second kappa shape index (κ2) is 8.89. The Kier molecular flexibility index (Phi) is 6.60. The molecule has 0 saturated carbocycles. The van der Waals surface area contributed by atoms with Gasteiger partial charge < -0.3 is 20.3 Å². The largest absolute Gasteiger partial charge is 0.465 e. The van der Waals surface area contributed by atoms with E-state index >= 15 is 0 Å². The van der Waals surface area contributed by atoms with Gasteiger partial charge in [0, 0.05) is 30.2 Å². The number of hydrogen-bond donors (Lipinski definition) is 2. The van der Waals surface area contributed by atoms with Crippen LogP contribution in [-0.4, -0.2) is 32.2 Å². The highest BCUT2D eigenvalue weighted by Gasteiger charge is 2.09. The summed E-state index contributed by atoms with van der Waals surface area (Å²) in [7, 11) is 1.33. The van der Waals surface area contributed by atoms with Crippen LogP contribution in [0.1, 0.15) is 29.8 Å². The summed E-state index contributed by atoms with van der Waals surface area (Å²) in [6.07, 6.45) is 0. The summed E-state index contributed by atoms with van der Waals surface area (Å²) < 4.78 is 4.65. The van der Waals surface area contributed by atoms with Crippen LogP contribution in [0.15, 0.2) is 42.5 Å². The van der Waals surface area contributed by atoms with Crippen LogP contribution in [0.4, 0.5) is 21.9 Å². The van der Waals surface area contributed by atoms with Crippen molar-refractivity contribution >= 4 is 29.1 Å². The van der Waals surface area contributed by atoms with Crippen molar-refractivity contribution in [3.8, 4) is 0 Å². The average molecular weight is 355 g/mol. The van der Waals surface area contributed by atoms with Crippen LogP contribution in [0.3, 0.4) is 0 Å². The molecule has 0 aliphatic heterocycles. The highest BCUT2D eigenvalue weighted by molar-refractivity contribution is 6.00. The van der Waals surface area contributed by atoms with Gasteiger partial charge in [-0.3, -0.25) is 0 Å². The summed E-state index contributed by atoms with van der Waals surface area (Å²) in [5, 5.41) is 5.60. The number of carbonyl (C=O) groups excluding carboxylic acids is 2. The second-order valence-electron chi connectivity index (χ2n) is 5.82. The minimum Gasteiger partial charge on any atom is -0.465 e. The fourth-order valence-corrected chi connectivity index (χ4v) is 2.67. The second-order valence-corrected chi connectivity index (χ2v) is 5.82. The Morgan fingerprint density at radius 2 is 1.65 bits per heavy atom. The predicted molar refractivity (Wildman–Crippen MR) is 105 cm³/mol. The Balaban J connectivity index is 2.02. The number of benzene rings is 2. The molecule has 0 aliphatic carbocycles. The monoisotopic (exact) mass is 355 g/mol. The number of aryl methyl sites for hydroxylation is 1. The van der Waals surface area contributed by atoms with Crippen molar-refractivity contribution in [3.63, 3.8) is 0 Å². The maximum Gasteiger partial charge on any atom is 0.337 e. The minimum atomic E-state index is -0.412. The van der Waals surface area contributed by atoms with Gasteiger partial charge in [0.1, 0.15) is 0 Å². The lowest BCUT2D eigenvalue weighted by Crippen LogP contribution is -2.22. The molecule has 6 heteroatoms. The molecule has 2 rings (SSSR count). The number of ether oxygens (including phenoxy) is 1. The molecule has 26 heavy (non-hydrogen) atoms. The first-order valence-electron chi connectivity index (χ1n) is 8.60. The van der Waals surface area contributed by atoms with Crippen LogP contribution in [0.2, 0.25) is 0 Å². The fourth-order valence-electron chi connectivity index (χ4n) is 2.67. The van der Waals surface area contributed by atoms with Crippen LogP contribution >= 0.6 is 0 Å². The molecule has 138 valence electrons. The van der Waals surface area contributed by atoms with E-state index < -0.39 is 5.97 Å². The summed E-state index contributed by atoms with van der Waals surface area (Å²) in [4.78, 5) is 25.9. The summed E-state index contributed by atoms with van der Waals surface area (Å²) >= 11 is 0. The highest BCUT2D eigenvalue weighted by atomic mass is 16.5. The van der Waals surface area contributed by atoms with Gasteiger partial charge in [-0.05, 0) is 68.8 Å². The molecule has 2 N–H and O–H groups in total. The first kappa shape index (κ1) is 19.3. The van der Waals surface area contributed by atoms with Crippen LogP contribution in [0.25, 0.3) is 0 Å². The SMILES string of the molecule is CCN(CC)c1ccc(NC(=O)Nc2ccc(C(=O)OC)cc2)c(C)c1. The summed E-state index contributed by atoms with van der Waals surface area (Å²) in [6.45, 7) is 8.07. The number of carbonyl (C=O) groups is 2. The van der Waals surface area contributed by atoms with Crippen LogP contribution in [0, 0.1) is 6.92 Å². The summed E-state index contributed by atoms with van der Waals surface area (Å²) in [5.74, 6) is -0.412. The number of methoxy groups -OCH3 is 1. The zero-order valence-corrected chi connectivity index (χ0v) is 15.6. The maximum absolute atomic E-state index is 12.2. The third-order valence-corrected chi connectivity index (χ3v) is 4.15. The number of anilines is 3. The summed E-state index contributed by atoms with van der Waals surface area (Å²) in [6, 6.07) is 12.1. The Morgan fingerprint density at radius 3 is 2.19 bits per heavy atom. The van der Waals surface area contributed by atoms with E-state index in [4.69, 9.17) is 0 Å². The standard InChI is InChI=1S/C20H25N3O3/c1-5-23(6-2)17-11-12-18(14(3)13-17)22-20(25)21-16-9-7-15(8-10-16)19(24)26-4/h7-13H,5-6H2,1-4H3,(H2,21,22,25). The van der Waals surface area contributed by atoms with Gasteiger partial charge in [-0.1, -0.05) is 0 Å². The lowest BCUT2D eigenvalue weighted by molar-refractivity contribution is 0.0601. The zero-order valence-electron chi connectivity index (χ0n) is 15.6. The number of hydrogen-bond acceptors (Lipinski definition) is 4. The molecule has 0 fully saturated rings. The van der Waals surface area contributed by atoms with Gasteiger partial charge >= 0.3 is 12.0 Å². The predicted octanol–water partition coefficient (Wildman–Crippen LogP) is 4.27. The molecule has 2 aromatic rings. The quantitative estimate of drug-likeness (QED) is 0.759. The van der Waals surface area contributed by atoms with Crippen molar-refractivity contribution in [3.05, 3.63) is 53.6 Å². The van der Waals surface area contributed by atoms with Gasteiger partial charge in [0.05, 0.1) is 12.7 Å². The molecule has 0 saturated heterocycles. The maximum atomic E-state index is 12.2. The van der Waals surface area contributed by atoms with E-state index in [1.54, 1.807) is 24.3 Å². The molecular weight excluding hydrogens is 330 g/mol. The molecule has 0 unspecified atom stereocenters. The van der Waals surface area contributed by atoms with Gasteiger partial charge in [-0.2, -0.15) is 0 Å². The molecule has 0 spiro atoms. The van der Waals surface area contributed by atoms with Crippen molar-refractivity contribution in [2.75, 3.05) is 35.7 Å². The van der Waals surface area contributed by atoms with Gasteiger partial charge in [-0.25, -0.2) is 9.59 Å². The highest BCUT2D eigenvalue weighted by Crippen LogP contribution is 2.23. The van der Waals surface area contributed by atoms with Gasteiger partial charge in [0.15, 0.2) is 0 Å². The molecule has 0 aromatic heterocycles. The Hall–Kier alpha value is -3.02. The number of rotatable bonds is 6. The molecule has 0 atom stereocenters. The van der Waals surface area contributed by atoms with E-state index in [0.29, 0.717) is 11.3 Å². The zero-order chi connectivity index (χ0) is 19.1. The lowest BCUT2D eigenvalue weighted by atomic mass is 10.1. The number of esters is 1. The van der Waals surface area contributed by atoms with Crippen LogP contribution < -0.4 is 15.5 Å². The topological polar surface area (TPSA) is 70.7 Å². The van der Waals surface area contributed by atoms with E-state index in [1.807, 2.05) is 19.1 Å². The first-order chi connectivity index (χ1) is 12.5. The van der Waals surface area contributed by atoms with Crippen LogP contribution in [0.5, 0.6) is 0 Å². The van der Waals surface area contributed by atoms with E-state index in [-0.39, 0.29) is 6.03 Å². The van der Waals surface area contributed by atoms with Crippen molar-refractivity contribution in [1.29, 1.82) is 0 Å². The molecule has 2 aromatic carbocycles. The third-order valence-electron chi connectivity index (χ3n) is 4.15. The first-order valence-corrected chi connectivity index (χ1v) is 8.60. The minimum absolute atomic E-state index is 0.338. The molecular formula is C20H25N3O3. The number of urea groups is 1. The van der Waals surface area contributed by atoms with Crippen LogP contribution in [-0.2, 0) is 4.74 Å². The molecule has 6 nitrogen and oxygen atoms in total.